The number of nitriles is 1. The van der Waals surface area contributed by atoms with Gasteiger partial charge in [0.05, 0.1) is 6.07 Å². The van der Waals surface area contributed by atoms with Crippen LogP contribution in [0.5, 0.6) is 0 Å². The molecule has 3 nitrogen and oxygen atoms in total. The van der Waals surface area contributed by atoms with E-state index in [1.807, 2.05) is 6.07 Å². The van der Waals surface area contributed by atoms with E-state index in [0.717, 1.165) is 0 Å². The lowest BCUT2D eigenvalue weighted by Gasteiger charge is -2.19. The van der Waals surface area contributed by atoms with E-state index in [4.69, 9.17) is 10.00 Å². The number of rotatable bonds is 0. The zero-order valence-electron chi connectivity index (χ0n) is 5.21. The van der Waals surface area contributed by atoms with Gasteiger partial charge in [-0.3, -0.25) is 4.79 Å². The second-order valence-corrected chi connectivity index (χ2v) is 3.91. The number of cyclic esters (lactones) is 1. The molecule has 0 N–H and O–H groups in total. The maximum absolute atomic E-state index is 10.7. The third kappa shape index (κ3) is 1.59. The number of carbonyl (C=O) groups is 1. The first-order valence-corrected chi connectivity index (χ1v) is 4.19. The van der Waals surface area contributed by atoms with Crippen molar-refractivity contribution in [2.75, 3.05) is 6.61 Å². The highest BCUT2D eigenvalue weighted by Gasteiger charge is 2.28. The Kier molecular flexibility index (Phi) is 2.49. The largest absolute Gasteiger partial charge is 0.464 e. The van der Waals surface area contributed by atoms with Gasteiger partial charge in [-0.05, 0) is 6.42 Å². The van der Waals surface area contributed by atoms with E-state index in [-0.39, 0.29) is 5.97 Å². The fraction of sp³-hybridized carbons (Fsp3) is 0.667. The number of hydrogen-bond donors (Lipinski definition) is 0. The highest BCUT2D eigenvalue weighted by molar-refractivity contribution is 14.1. The highest BCUT2D eigenvalue weighted by Crippen LogP contribution is 2.20. The van der Waals surface area contributed by atoms with Crippen LogP contribution in [0.2, 0.25) is 0 Å². The van der Waals surface area contributed by atoms with Gasteiger partial charge in [0, 0.05) is 3.92 Å². The van der Waals surface area contributed by atoms with Crippen LogP contribution in [0, 0.1) is 17.2 Å². The van der Waals surface area contributed by atoms with Crippen LogP contribution in [0.1, 0.15) is 6.42 Å². The molecule has 1 fully saturated rings. The standard InChI is InChI=1S/C6H6INO2/c7-5-1-4(2-8)6(9)10-3-5/h4-5H,1,3H2. The Balaban J connectivity index is 2.56. The van der Waals surface area contributed by atoms with Crippen LogP contribution in [-0.2, 0) is 9.53 Å². The fourth-order valence-corrected chi connectivity index (χ4v) is 1.49. The normalized spacial score (nSPS) is 32.6. The van der Waals surface area contributed by atoms with Crippen LogP contribution < -0.4 is 0 Å². The van der Waals surface area contributed by atoms with Crippen LogP contribution in [0.15, 0.2) is 0 Å². The minimum Gasteiger partial charge on any atom is -0.464 e. The summed E-state index contributed by atoms with van der Waals surface area (Å²) in [5.41, 5.74) is 0. The van der Waals surface area contributed by atoms with Gasteiger partial charge < -0.3 is 4.74 Å². The van der Waals surface area contributed by atoms with Gasteiger partial charge in [-0.1, -0.05) is 22.6 Å². The zero-order valence-corrected chi connectivity index (χ0v) is 7.37. The van der Waals surface area contributed by atoms with Crippen LogP contribution in [0.3, 0.4) is 0 Å². The summed E-state index contributed by atoms with van der Waals surface area (Å²) >= 11 is 2.18. The van der Waals surface area contributed by atoms with Gasteiger partial charge in [0.2, 0.25) is 0 Å². The van der Waals surface area contributed by atoms with Crippen molar-refractivity contribution in [3.8, 4) is 6.07 Å². The molecule has 10 heavy (non-hydrogen) atoms. The molecule has 1 saturated heterocycles. The molecule has 1 rings (SSSR count). The molecule has 4 heteroatoms. The van der Waals surface area contributed by atoms with E-state index < -0.39 is 5.92 Å². The third-order valence-electron chi connectivity index (χ3n) is 1.34. The molecule has 0 aromatic rings. The van der Waals surface area contributed by atoms with Gasteiger partial charge in [-0.25, -0.2) is 0 Å². The molecule has 0 aliphatic carbocycles. The molecule has 0 amide bonds. The van der Waals surface area contributed by atoms with Crippen LogP contribution in [0.25, 0.3) is 0 Å². The summed E-state index contributed by atoms with van der Waals surface area (Å²) in [5, 5.41) is 8.43. The molecule has 1 aliphatic heterocycles. The summed E-state index contributed by atoms with van der Waals surface area (Å²) in [4.78, 5) is 10.7. The molecule has 54 valence electrons. The molecule has 0 aromatic carbocycles. The predicted molar refractivity (Wildman–Crippen MR) is 42.5 cm³/mol. The first-order chi connectivity index (χ1) is 4.74. The Bertz CT molecular complexity index is 187. The van der Waals surface area contributed by atoms with Crippen molar-refractivity contribution in [3.63, 3.8) is 0 Å². The SMILES string of the molecule is N#CC1CC(I)COC1=O. The van der Waals surface area contributed by atoms with E-state index >= 15 is 0 Å². The number of esters is 1. The Hall–Kier alpha value is -0.310. The van der Waals surface area contributed by atoms with Crippen molar-refractivity contribution in [2.45, 2.75) is 10.3 Å². The minimum atomic E-state index is -0.532. The quantitative estimate of drug-likeness (QED) is 0.364. The van der Waals surface area contributed by atoms with Crippen molar-refractivity contribution in [3.05, 3.63) is 0 Å². The summed E-state index contributed by atoms with van der Waals surface area (Å²) in [7, 11) is 0. The summed E-state index contributed by atoms with van der Waals surface area (Å²) in [6.07, 6.45) is 0.635. The van der Waals surface area contributed by atoms with Crippen molar-refractivity contribution in [1.29, 1.82) is 5.26 Å². The van der Waals surface area contributed by atoms with E-state index in [9.17, 15) is 4.79 Å². The molecule has 0 saturated carbocycles. The molecular formula is C6H6INO2. The monoisotopic (exact) mass is 251 g/mol. The number of alkyl halides is 1. The van der Waals surface area contributed by atoms with E-state index in [1.54, 1.807) is 0 Å². The Labute approximate surface area is 72.5 Å². The molecule has 2 atom stereocenters. The number of ether oxygens (including phenoxy) is 1. The molecule has 0 spiro atoms. The Morgan fingerprint density at radius 1 is 1.80 bits per heavy atom. The average Bonchev–Trinajstić information content (AvgIpc) is 1.94. The number of hydrogen-bond acceptors (Lipinski definition) is 3. The fourth-order valence-electron chi connectivity index (χ4n) is 0.799. The van der Waals surface area contributed by atoms with Gasteiger partial charge in [-0.2, -0.15) is 5.26 Å². The van der Waals surface area contributed by atoms with E-state index in [1.165, 1.54) is 0 Å². The molecular weight excluding hydrogens is 245 g/mol. The van der Waals surface area contributed by atoms with E-state index in [2.05, 4.69) is 22.6 Å². The topological polar surface area (TPSA) is 50.1 Å². The molecule has 2 unspecified atom stereocenters. The highest BCUT2D eigenvalue weighted by atomic mass is 127. The lowest BCUT2D eigenvalue weighted by Crippen LogP contribution is -2.29. The summed E-state index contributed by atoms with van der Waals surface area (Å²) in [6, 6.07) is 1.90. The van der Waals surface area contributed by atoms with Crippen LogP contribution in [-0.4, -0.2) is 16.5 Å². The summed E-state index contributed by atoms with van der Waals surface area (Å²) in [6.45, 7) is 0.456. The molecule has 0 radical (unpaired) electrons. The third-order valence-corrected chi connectivity index (χ3v) is 2.21. The predicted octanol–water partition coefficient (Wildman–Crippen LogP) is 0.877. The maximum Gasteiger partial charge on any atom is 0.323 e. The van der Waals surface area contributed by atoms with Gasteiger partial charge >= 0.3 is 5.97 Å². The smallest absolute Gasteiger partial charge is 0.323 e. The van der Waals surface area contributed by atoms with E-state index in [0.29, 0.717) is 17.0 Å². The van der Waals surface area contributed by atoms with Crippen molar-refractivity contribution in [2.24, 2.45) is 5.92 Å². The first-order valence-electron chi connectivity index (χ1n) is 2.94. The summed E-state index contributed by atoms with van der Waals surface area (Å²) in [5.74, 6) is -0.897. The number of carbonyl (C=O) groups excluding carboxylic acids is 1. The number of halogens is 1. The van der Waals surface area contributed by atoms with Crippen molar-refractivity contribution >= 4 is 28.6 Å². The lowest BCUT2D eigenvalue weighted by atomic mass is 10.0. The minimum absolute atomic E-state index is 0.306. The van der Waals surface area contributed by atoms with Gasteiger partial charge in [0.25, 0.3) is 0 Å². The Morgan fingerprint density at radius 3 is 3.00 bits per heavy atom. The first kappa shape index (κ1) is 7.79. The molecule has 0 bridgehead atoms. The van der Waals surface area contributed by atoms with Crippen LogP contribution >= 0.6 is 22.6 Å². The zero-order chi connectivity index (χ0) is 7.56. The second kappa shape index (κ2) is 3.19. The Morgan fingerprint density at radius 2 is 2.50 bits per heavy atom. The molecule has 0 aromatic heterocycles. The molecule has 1 heterocycles. The number of nitrogens with zero attached hydrogens (tertiary/aromatic N) is 1. The summed E-state index contributed by atoms with van der Waals surface area (Å²) < 4.78 is 5.03. The second-order valence-electron chi connectivity index (χ2n) is 2.14. The maximum atomic E-state index is 10.7. The van der Waals surface area contributed by atoms with Gasteiger partial charge in [-0.15, -0.1) is 0 Å². The lowest BCUT2D eigenvalue weighted by molar-refractivity contribution is -0.149. The van der Waals surface area contributed by atoms with Gasteiger partial charge in [0.15, 0.2) is 0 Å². The molecule has 1 aliphatic rings. The average molecular weight is 251 g/mol. The van der Waals surface area contributed by atoms with Gasteiger partial charge in [0.1, 0.15) is 12.5 Å². The van der Waals surface area contributed by atoms with Crippen molar-refractivity contribution < 1.29 is 9.53 Å². The van der Waals surface area contributed by atoms with Crippen molar-refractivity contribution in [1.82, 2.24) is 0 Å². The van der Waals surface area contributed by atoms with Crippen LogP contribution in [0.4, 0.5) is 0 Å².